The van der Waals surface area contributed by atoms with Gasteiger partial charge in [0.15, 0.2) is 4.90 Å². The van der Waals surface area contributed by atoms with E-state index in [1.54, 1.807) is 4.90 Å². The normalized spacial score (nSPS) is 20.2. The van der Waals surface area contributed by atoms with E-state index in [1.165, 1.54) is 41.4 Å². The number of sulfonamides is 1. The molecule has 1 amide bonds. The zero-order valence-electron chi connectivity index (χ0n) is 15.2. The van der Waals surface area contributed by atoms with Crippen molar-refractivity contribution in [2.75, 3.05) is 26.2 Å². The lowest BCUT2D eigenvalue weighted by Crippen LogP contribution is -2.51. The second-order valence-electron chi connectivity index (χ2n) is 7.14. The highest BCUT2D eigenvalue weighted by atomic mass is 32.2. The van der Waals surface area contributed by atoms with Crippen LogP contribution in [0.5, 0.6) is 0 Å². The number of benzene rings is 1. The number of carbonyl (C=O) groups excluding carboxylic acids is 1. The van der Waals surface area contributed by atoms with Gasteiger partial charge in [-0.25, -0.2) is 8.42 Å². The lowest BCUT2D eigenvalue weighted by atomic mass is 9.98. The Labute approximate surface area is 159 Å². The summed E-state index contributed by atoms with van der Waals surface area (Å²) >= 11 is 0. The summed E-state index contributed by atoms with van der Waals surface area (Å²) in [6.07, 6.45) is 6.31. The van der Waals surface area contributed by atoms with E-state index < -0.39 is 20.6 Å². The Bertz CT molecular complexity index is 795. The molecule has 3 rings (SSSR count). The number of hydrogen-bond donors (Lipinski definition) is 0. The molecule has 0 bridgehead atoms. The number of amides is 1. The van der Waals surface area contributed by atoms with Gasteiger partial charge in [0.2, 0.25) is 15.9 Å². The Hall–Kier alpha value is -2.00. The Morgan fingerprint density at radius 2 is 1.59 bits per heavy atom. The number of rotatable bonds is 4. The van der Waals surface area contributed by atoms with Crippen LogP contribution in [0.2, 0.25) is 0 Å². The molecule has 9 heteroatoms. The highest BCUT2D eigenvalue weighted by molar-refractivity contribution is 7.89. The van der Waals surface area contributed by atoms with Crippen molar-refractivity contribution in [3.05, 3.63) is 34.4 Å². The van der Waals surface area contributed by atoms with Crippen LogP contribution in [0.4, 0.5) is 5.69 Å². The summed E-state index contributed by atoms with van der Waals surface area (Å²) < 4.78 is 27.0. The van der Waals surface area contributed by atoms with Gasteiger partial charge in [-0.2, -0.15) is 4.31 Å². The predicted octanol–water partition coefficient (Wildman–Crippen LogP) is 2.40. The molecule has 1 aromatic rings. The molecule has 1 aromatic carbocycles. The predicted molar refractivity (Wildman–Crippen MR) is 99.6 cm³/mol. The molecule has 1 aliphatic heterocycles. The van der Waals surface area contributed by atoms with Crippen LogP contribution in [-0.2, 0) is 14.8 Å². The maximum Gasteiger partial charge on any atom is 0.289 e. The maximum atomic E-state index is 12.9. The van der Waals surface area contributed by atoms with Gasteiger partial charge in [0, 0.05) is 38.2 Å². The van der Waals surface area contributed by atoms with E-state index in [1.807, 2.05) is 0 Å². The van der Waals surface area contributed by atoms with Crippen LogP contribution in [0, 0.1) is 16.0 Å². The molecule has 0 N–H and O–H groups in total. The average Bonchev–Trinajstić information content (AvgIpc) is 2.97. The molecule has 1 heterocycles. The van der Waals surface area contributed by atoms with Gasteiger partial charge >= 0.3 is 0 Å². The van der Waals surface area contributed by atoms with Gasteiger partial charge in [-0.1, -0.05) is 37.8 Å². The smallest absolute Gasteiger partial charge is 0.289 e. The van der Waals surface area contributed by atoms with E-state index in [0.29, 0.717) is 13.1 Å². The van der Waals surface area contributed by atoms with E-state index in [9.17, 15) is 23.3 Å². The Kier molecular flexibility index (Phi) is 6.11. The number of carbonyl (C=O) groups is 1. The third-order valence-corrected chi connectivity index (χ3v) is 7.38. The molecule has 2 fully saturated rings. The van der Waals surface area contributed by atoms with Gasteiger partial charge in [0.25, 0.3) is 5.69 Å². The van der Waals surface area contributed by atoms with E-state index in [2.05, 4.69) is 0 Å². The minimum atomic E-state index is -3.96. The first-order chi connectivity index (χ1) is 12.9. The first-order valence-electron chi connectivity index (χ1n) is 9.43. The Morgan fingerprint density at radius 1 is 1.00 bits per heavy atom. The molecule has 2 aliphatic rings. The summed E-state index contributed by atoms with van der Waals surface area (Å²) in [6, 6.07) is 5.38. The van der Waals surface area contributed by atoms with Crippen molar-refractivity contribution in [1.29, 1.82) is 0 Å². The number of hydrogen-bond acceptors (Lipinski definition) is 5. The fourth-order valence-corrected chi connectivity index (χ4v) is 5.48. The largest absolute Gasteiger partial charge is 0.340 e. The van der Waals surface area contributed by atoms with E-state index in [-0.39, 0.29) is 29.8 Å². The lowest BCUT2D eigenvalue weighted by molar-refractivity contribution is -0.387. The van der Waals surface area contributed by atoms with Crippen molar-refractivity contribution in [3.8, 4) is 0 Å². The van der Waals surface area contributed by atoms with Gasteiger partial charge < -0.3 is 4.90 Å². The number of nitro benzene ring substituents is 1. The molecule has 1 aliphatic carbocycles. The van der Waals surface area contributed by atoms with Gasteiger partial charge in [-0.05, 0) is 18.9 Å². The molecule has 148 valence electrons. The summed E-state index contributed by atoms with van der Waals surface area (Å²) in [6.45, 7) is 0.976. The van der Waals surface area contributed by atoms with Crippen LogP contribution in [0.15, 0.2) is 29.2 Å². The highest BCUT2D eigenvalue weighted by Crippen LogP contribution is 2.28. The minimum absolute atomic E-state index is 0.0471. The standard InChI is InChI=1S/C18H25N3O5S/c22-18(15-7-3-1-2-4-8-15)19-11-13-20(14-12-19)27(25,26)17-10-6-5-9-16(17)21(23)24/h5-6,9-10,15H,1-4,7-8,11-14H2. The Morgan fingerprint density at radius 3 is 2.19 bits per heavy atom. The molecule has 0 unspecified atom stereocenters. The van der Waals surface area contributed by atoms with Gasteiger partial charge in [0.1, 0.15) is 0 Å². The SMILES string of the molecule is O=C(C1CCCCCC1)N1CCN(S(=O)(=O)c2ccccc2[N+](=O)[O-])CC1. The summed E-state index contributed by atoms with van der Waals surface area (Å²) in [7, 11) is -3.96. The molecule has 0 radical (unpaired) electrons. The molecular formula is C18H25N3O5S. The minimum Gasteiger partial charge on any atom is -0.340 e. The van der Waals surface area contributed by atoms with Gasteiger partial charge in [-0.3, -0.25) is 14.9 Å². The van der Waals surface area contributed by atoms with Crippen LogP contribution in [-0.4, -0.2) is 54.6 Å². The lowest BCUT2D eigenvalue weighted by Gasteiger charge is -2.35. The maximum absolute atomic E-state index is 12.9. The zero-order chi connectivity index (χ0) is 19.4. The van der Waals surface area contributed by atoms with Crippen LogP contribution in [0.25, 0.3) is 0 Å². The Balaban J connectivity index is 1.68. The van der Waals surface area contributed by atoms with Crippen LogP contribution in [0.1, 0.15) is 38.5 Å². The molecule has 0 aromatic heterocycles. The number of nitro groups is 1. The van der Waals surface area contributed by atoms with Crippen LogP contribution in [0.3, 0.4) is 0 Å². The molecule has 27 heavy (non-hydrogen) atoms. The zero-order valence-corrected chi connectivity index (χ0v) is 16.1. The number of para-hydroxylation sites is 1. The van der Waals surface area contributed by atoms with Crippen molar-refractivity contribution >= 4 is 21.6 Å². The second-order valence-corrected chi connectivity index (χ2v) is 9.05. The summed E-state index contributed by atoms with van der Waals surface area (Å²) in [4.78, 5) is 24.7. The van der Waals surface area contributed by atoms with Crippen molar-refractivity contribution in [3.63, 3.8) is 0 Å². The number of piperazine rings is 1. The average molecular weight is 395 g/mol. The van der Waals surface area contributed by atoms with Crippen LogP contribution >= 0.6 is 0 Å². The summed E-state index contributed by atoms with van der Waals surface area (Å²) in [5.41, 5.74) is -0.422. The molecule has 0 spiro atoms. The topological polar surface area (TPSA) is 101 Å². The molecule has 0 atom stereocenters. The fraction of sp³-hybridized carbons (Fsp3) is 0.611. The summed E-state index contributed by atoms with van der Waals surface area (Å²) in [5.74, 6) is 0.172. The van der Waals surface area contributed by atoms with Crippen molar-refractivity contribution in [2.45, 2.75) is 43.4 Å². The molecule has 8 nitrogen and oxygen atoms in total. The van der Waals surface area contributed by atoms with E-state index in [4.69, 9.17) is 0 Å². The monoisotopic (exact) mass is 395 g/mol. The first-order valence-corrected chi connectivity index (χ1v) is 10.9. The third-order valence-electron chi connectivity index (χ3n) is 5.43. The third kappa shape index (κ3) is 4.30. The fourth-order valence-electron chi connectivity index (χ4n) is 3.90. The quantitative estimate of drug-likeness (QED) is 0.443. The van der Waals surface area contributed by atoms with E-state index in [0.717, 1.165) is 25.7 Å². The molecule has 1 saturated carbocycles. The van der Waals surface area contributed by atoms with Gasteiger partial charge in [-0.15, -0.1) is 0 Å². The first kappa shape index (κ1) is 19.8. The number of nitrogens with zero attached hydrogens (tertiary/aromatic N) is 3. The molecular weight excluding hydrogens is 370 g/mol. The molecule has 1 saturated heterocycles. The second kappa shape index (κ2) is 8.35. The highest BCUT2D eigenvalue weighted by Gasteiger charge is 2.35. The van der Waals surface area contributed by atoms with Crippen LogP contribution < -0.4 is 0 Å². The van der Waals surface area contributed by atoms with Gasteiger partial charge in [0.05, 0.1) is 4.92 Å². The van der Waals surface area contributed by atoms with Crippen molar-refractivity contribution in [1.82, 2.24) is 9.21 Å². The van der Waals surface area contributed by atoms with Crippen molar-refractivity contribution in [2.24, 2.45) is 5.92 Å². The van der Waals surface area contributed by atoms with E-state index >= 15 is 0 Å². The summed E-state index contributed by atoms with van der Waals surface area (Å²) in [5, 5.41) is 11.2. The van der Waals surface area contributed by atoms with Crippen molar-refractivity contribution < 1.29 is 18.1 Å².